The molecule has 0 N–H and O–H groups in total. The van der Waals surface area contributed by atoms with Crippen molar-refractivity contribution in [3.05, 3.63) is 35.9 Å². The Labute approximate surface area is 92.5 Å². The summed E-state index contributed by atoms with van der Waals surface area (Å²) in [6.45, 7) is 5.91. The third kappa shape index (κ3) is 4.28. The van der Waals surface area contributed by atoms with Crippen LogP contribution in [-0.4, -0.2) is 5.78 Å². The monoisotopic (exact) mass is 204 g/mol. The number of hydrogen-bond donors (Lipinski definition) is 0. The first-order valence-corrected chi connectivity index (χ1v) is 5.64. The Bertz CT molecular complexity index is 302. The van der Waals surface area contributed by atoms with Gasteiger partial charge in [0.25, 0.3) is 0 Å². The van der Waals surface area contributed by atoms with Crippen LogP contribution in [-0.2, 0) is 11.2 Å². The highest BCUT2D eigenvalue weighted by atomic mass is 16.1. The number of ketones is 1. The summed E-state index contributed by atoms with van der Waals surface area (Å²) in [5.74, 6) is 1.07. The third-order valence-corrected chi connectivity index (χ3v) is 2.88. The van der Waals surface area contributed by atoms with Crippen LogP contribution in [0.4, 0.5) is 0 Å². The molecule has 2 atom stereocenters. The van der Waals surface area contributed by atoms with Gasteiger partial charge in [-0.2, -0.15) is 0 Å². The van der Waals surface area contributed by atoms with Crippen LogP contribution in [0.2, 0.25) is 0 Å². The van der Waals surface area contributed by atoms with Crippen molar-refractivity contribution < 1.29 is 4.79 Å². The predicted molar refractivity (Wildman–Crippen MR) is 63.8 cm³/mol. The molecule has 1 aromatic carbocycles. The SMILES string of the molecule is CC(=O)C(C)CC(C)Cc1ccccc1. The molecule has 2 unspecified atom stereocenters. The maximum Gasteiger partial charge on any atom is 0.132 e. The second-order valence-electron chi connectivity index (χ2n) is 4.54. The van der Waals surface area contributed by atoms with Gasteiger partial charge in [0.05, 0.1) is 0 Å². The molecule has 0 saturated carbocycles. The van der Waals surface area contributed by atoms with Crippen molar-refractivity contribution in [3.8, 4) is 0 Å². The van der Waals surface area contributed by atoms with Crippen LogP contribution in [0.1, 0.15) is 32.8 Å². The Balaban J connectivity index is 2.43. The average Bonchev–Trinajstić information content (AvgIpc) is 2.18. The molecule has 0 fully saturated rings. The highest BCUT2D eigenvalue weighted by Crippen LogP contribution is 2.17. The van der Waals surface area contributed by atoms with Gasteiger partial charge in [-0.1, -0.05) is 44.2 Å². The summed E-state index contributed by atoms with van der Waals surface area (Å²) < 4.78 is 0. The van der Waals surface area contributed by atoms with Gasteiger partial charge >= 0.3 is 0 Å². The lowest BCUT2D eigenvalue weighted by molar-refractivity contribution is -0.120. The first-order chi connectivity index (χ1) is 7.09. The van der Waals surface area contributed by atoms with E-state index in [0.717, 1.165) is 12.8 Å². The van der Waals surface area contributed by atoms with Crippen molar-refractivity contribution in [2.24, 2.45) is 11.8 Å². The molecule has 0 radical (unpaired) electrons. The van der Waals surface area contributed by atoms with Gasteiger partial charge in [0.15, 0.2) is 0 Å². The molecule has 0 spiro atoms. The Morgan fingerprint density at radius 1 is 1.20 bits per heavy atom. The minimum atomic E-state index is 0.198. The Hall–Kier alpha value is -1.11. The molecule has 0 aliphatic heterocycles. The van der Waals surface area contributed by atoms with E-state index in [1.54, 1.807) is 6.92 Å². The normalized spacial score (nSPS) is 14.6. The lowest BCUT2D eigenvalue weighted by Crippen LogP contribution is -2.12. The van der Waals surface area contributed by atoms with E-state index >= 15 is 0 Å². The minimum absolute atomic E-state index is 0.198. The second-order valence-corrected chi connectivity index (χ2v) is 4.54. The summed E-state index contributed by atoms with van der Waals surface area (Å²) >= 11 is 0. The zero-order valence-electron chi connectivity index (χ0n) is 9.86. The average molecular weight is 204 g/mol. The highest BCUT2D eigenvalue weighted by molar-refractivity contribution is 5.77. The fourth-order valence-corrected chi connectivity index (χ4v) is 1.87. The lowest BCUT2D eigenvalue weighted by Gasteiger charge is -2.14. The maximum atomic E-state index is 11.1. The van der Waals surface area contributed by atoms with Crippen LogP contribution in [0.5, 0.6) is 0 Å². The van der Waals surface area contributed by atoms with Crippen molar-refractivity contribution in [1.82, 2.24) is 0 Å². The van der Waals surface area contributed by atoms with Gasteiger partial charge in [-0.25, -0.2) is 0 Å². The molecule has 0 aliphatic carbocycles. The zero-order chi connectivity index (χ0) is 11.3. The van der Waals surface area contributed by atoms with E-state index in [-0.39, 0.29) is 5.92 Å². The summed E-state index contributed by atoms with van der Waals surface area (Å²) in [5, 5.41) is 0. The molecule has 0 aromatic heterocycles. The number of carbonyl (C=O) groups is 1. The molecule has 0 bridgehead atoms. The lowest BCUT2D eigenvalue weighted by atomic mass is 9.90. The molecule has 0 heterocycles. The Morgan fingerprint density at radius 2 is 1.80 bits per heavy atom. The van der Waals surface area contributed by atoms with E-state index in [1.165, 1.54) is 5.56 Å². The zero-order valence-corrected chi connectivity index (χ0v) is 9.86. The first kappa shape index (κ1) is 12.0. The van der Waals surface area contributed by atoms with E-state index in [1.807, 2.05) is 13.0 Å². The van der Waals surface area contributed by atoms with Crippen molar-refractivity contribution in [2.75, 3.05) is 0 Å². The minimum Gasteiger partial charge on any atom is -0.300 e. The number of rotatable bonds is 5. The Kier molecular flexibility index (Phi) is 4.54. The summed E-state index contributed by atoms with van der Waals surface area (Å²) in [4.78, 5) is 11.1. The molecule has 82 valence electrons. The van der Waals surface area contributed by atoms with Crippen molar-refractivity contribution in [3.63, 3.8) is 0 Å². The van der Waals surface area contributed by atoms with E-state index in [0.29, 0.717) is 11.7 Å². The topological polar surface area (TPSA) is 17.1 Å². The molecule has 1 nitrogen and oxygen atoms in total. The quantitative estimate of drug-likeness (QED) is 0.717. The van der Waals surface area contributed by atoms with Gasteiger partial charge in [0.1, 0.15) is 5.78 Å². The largest absolute Gasteiger partial charge is 0.300 e. The summed E-state index contributed by atoms with van der Waals surface area (Å²) in [6, 6.07) is 10.5. The summed E-state index contributed by atoms with van der Waals surface area (Å²) in [6.07, 6.45) is 2.06. The summed E-state index contributed by atoms with van der Waals surface area (Å²) in [5.41, 5.74) is 1.36. The van der Waals surface area contributed by atoms with Crippen LogP contribution in [0.15, 0.2) is 30.3 Å². The fraction of sp³-hybridized carbons (Fsp3) is 0.500. The number of hydrogen-bond acceptors (Lipinski definition) is 1. The van der Waals surface area contributed by atoms with Crippen LogP contribution in [0.25, 0.3) is 0 Å². The van der Waals surface area contributed by atoms with Gasteiger partial charge < -0.3 is 0 Å². The van der Waals surface area contributed by atoms with Crippen LogP contribution in [0.3, 0.4) is 0 Å². The van der Waals surface area contributed by atoms with Crippen LogP contribution in [0, 0.1) is 11.8 Å². The Morgan fingerprint density at radius 3 is 2.33 bits per heavy atom. The van der Waals surface area contributed by atoms with Crippen LogP contribution < -0.4 is 0 Å². The van der Waals surface area contributed by atoms with Crippen LogP contribution >= 0.6 is 0 Å². The number of Topliss-reactive ketones (excluding diaryl/α,β-unsaturated/α-hetero) is 1. The van der Waals surface area contributed by atoms with Gasteiger partial charge in [-0.05, 0) is 31.2 Å². The molecular weight excluding hydrogens is 184 g/mol. The standard InChI is InChI=1S/C14H20O/c1-11(9-12(2)13(3)15)10-14-7-5-4-6-8-14/h4-8,11-12H,9-10H2,1-3H3. The number of carbonyl (C=O) groups excluding carboxylic acids is 1. The molecule has 1 heteroatoms. The molecule has 0 amide bonds. The van der Waals surface area contributed by atoms with Crippen molar-refractivity contribution in [2.45, 2.75) is 33.6 Å². The van der Waals surface area contributed by atoms with Crippen molar-refractivity contribution in [1.29, 1.82) is 0 Å². The van der Waals surface area contributed by atoms with E-state index in [2.05, 4.69) is 31.2 Å². The molecular formula is C14H20O. The fourth-order valence-electron chi connectivity index (χ4n) is 1.87. The highest BCUT2D eigenvalue weighted by Gasteiger charge is 2.12. The predicted octanol–water partition coefficient (Wildman–Crippen LogP) is 3.48. The van der Waals surface area contributed by atoms with E-state index in [9.17, 15) is 4.79 Å². The smallest absolute Gasteiger partial charge is 0.132 e. The van der Waals surface area contributed by atoms with E-state index < -0.39 is 0 Å². The molecule has 1 aromatic rings. The van der Waals surface area contributed by atoms with E-state index in [4.69, 9.17) is 0 Å². The van der Waals surface area contributed by atoms with Gasteiger partial charge in [-0.3, -0.25) is 4.79 Å². The molecule has 0 saturated heterocycles. The molecule has 15 heavy (non-hydrogen) atoms. The second kappa shape index (κ2) is 5.69. The van der Waals surface area contributed by atoms with Gasteiger partial charge in [0.2, 0.25) is 0 Å². The third-order valence-electron chi connectivity index (χ3n) is 2.88. The maximum absolute atomic E-state index is 11.1. The number of benzene rings is 1. The van der Waals surface area contributed by atoms with Gasteiger partial charge in [-0.15, -0.1) is 0 Å². The first-order valence-electron chi connectivity index (χ1n) is 5.64. The molecule has 1 rings (SSSR count). The van der Waals surface area contributed by atoms with Crippen molar-refractivity contribution >= 4 is 5.78 Å². The summed E-state index contributed by atoms with van der Waals surface area (Å²) in [7, 11) is 0. The van der Waals surface area contributed by atoms with Gasteiger partial charge in [0, 0.05) is 5.92 Å². The molecule has 0 aliphatic rings.